The van der Waals surface area contributed by atoms with E-state index in [2.05, 4.69) is 37.6 Å². The summed E-state index contributed by atoms with van der Waals surface area (Å²) in [5, 5.41) is 7.22. The molecule has 0 spiro atoms. The Balaban J connectivity index is 1.83. The van der Waals surface area contributed by atoms with Crippen molar-refractivity contribution in [3.8, 4) is 0 Å². The van der Waals surface area contributed by atoms with Gasteiger partial charge < -0.3 is 10.6 Å². The van der Waals surface area contributed by atoms with Crippen molar-refractivity contribution in [2.75, 3.05) is 25.0 Å². The molecule has 0 unspecified atom stereocenters. The molecule has 0 saturated carbocycles. The van der Waals surface area contributed by atoms with Crippen LogP contribution in [0.25, 0.3) is 0 Å². The van der Waals surface area contributed by atoms with Crippen LogP contribution >= 0.6 is 27.5 Å². The van der Waals surface area contributed by atoms with Crippen molar-refractivity contribution >= 4 is 33.3 Å². The Morgan fingerprint density at radius 3 is 3.12 bits per heavy atom. The SMILES string of the molecule is Clc1cc(Br)cnc1NCCC1=CCNCC1. The molecule has 0 atom stereocenters. The largest absolute Gasteiger partial charge is 0.369 e. The Morgan fingerprint density at radius 2 is 2.41 bits per heavy atom. The van der Waals surface area contributed by atoms with E-state index in [0.717, 1.165) is 42.8 Å². The summed E-state index contributed by atoms with van der Waals surface area (Å²) in [6.07, 6.45) is 6.21. The molecule has 3 nitrogen and oxygen atoms in total. The molecular weight excluding hydrogens is 302 g/mol. The van der Waals surface area contributed by atoms with Gasteiger partial charge in [0.05, 0.1) is 5.02 Å². The maximum Gasteiger partial charge on any atom is 0.144 e. The van der Waals surface area contributed by atoms with Crippen LogP contribution in [-0.2, 0) is 0 Å². The van der Waals surface area contributed by atoms with Crippen LogP contribution in [-0.4, -0.2) is 24.6 Å². The van der Waals surface area contributed by atoms with E-state index in [4.69, 9.17) is 11.6 Å². The van der Waals surface area contributed by atoms with Crippen molar-refractivity contribution in [2.45, 2.75) is 12.8 Å². The van der Waals surface area contributed by atoms with Crippen molar-refractivity contribution < 1.29 is 0 Å². The highest BCUT2D eigenvalue weighted by atomic mass is 79.9. The lowest BCUT2D eigenvalue weighted by Crippen LogP contribution is -2.21. The van der Waals surface area contributed by atoms with E-state index >= 15 is 0 Å². The van der Waals surface area contributed by atoms with Crippen molar-refractivity contribution in [1.29, 1.82) is 0 Å². The molecule has 0 amide bonds. The number of pyridine rings is 1. The number of aromatic nitrogens is 1. The zero-order chi connectivity index (χ0) is 12.1. The van der Waals surface area contributed by atoms with Gasteiger partial charge in [0.1, 0.15) is 5.82 Å². The summed E-state index contributed by atoms with van der Waals surface area (Å²) in [7, 11) is 0. The fourth-order valence-electron chi connectivity index (χ4n) is 1.78. The number of halogens is 2. The minimum absolute atomic E-state index is 0.652. The predicted octanol–water partition coefficient (Wildman–Crippen LogP) is 3.22. The van der Waals surface area contributed by atoms with Crippen LogP contribution in [0.5, 0.6) is 0 Å². The van der Waals surface area contributed by atoms with Crippen molar-refractivity contribution in [2.24, 2.45) is 0 Å². The van der Waals surface area contributed by atoms with Crippen LogP contribution in [0.4, 0.5) is 5.82 Å². The van der Waals surface area contributed by atoms with Gasteiger partial charge in [0.2, 0.25) is 0 Å². The molecule has 1 aromatic rings. The Kier molecular flexibility index (Phi) is 4.83. The van der Waals surface area contributed by atoms with Gasteiger partial charge in [0.25, 0.3) is 0 Å². The van der Waals surface area contributed by atoms with Gasteiger partial charge in [-0.25, -0.2) is 4.98 Å². The zero-order valence-corrected chi connectivity index (χ0v) is 11.8. The predicted molar refractivity (Wildman–Crippen MR) is 75.6 cm³/mol. The molecule has 0 aliphatic carbocycles. The maximum atomic E-state index is 6.07. The number of rotatable bonds is 4. The summed E-state index contributed by atoms with van der Waals surface area (Å²) in [6.45, 7) is 2.95. The average molecular weight is 317 g/mol. The van der Waals surface area contributed by atoms with Crippen molar-refractivity contribution in [1.82, 2.24) is 10.3 Å². The molecule has 0 saturated heterocycles. The number of hydrogen-bond acceptors (Lipinski definition) is 3. The molecule has 1 aliphatic rings. The van der Waals surface area contributed by atoms with Gasteiger partial charge in [-0.05, 0) is 41.4 Å². The molecular formula is C12H15BrClN3. The fraction of sp³-hybridized carbons (Fsp3) is 0.417. The first-order valence-electron chi connectivity index (χ1n) is 5.69. The summed E-state index contributed by atoms with van der Waals surface area (Å²) in [5.41, 5.74) is 1.50. The Bertz CT molecular complexity index is 420. The monoisotopic (exact) mass is 315 g/mol. The highest BCUT2D eigenvalue weighted by Crippen LogP contribution is 2.23. The summed E-state index contributed by atoms with van der Waals surface area (Å²) in [5.74, 6) is 0.754. The summed E-state index contributed by atoms with van der Waals surface area (Å²) < 4.78 is 0.897. The lowest BCUT2D eigenvalue weighted by molar-refractivity contribution is 0.683. The first-order valence-corrected chi connectivity index (χ1v) is 6.86. The van der Waals surface area contributed by atoms with Gasteiger partial charge >= 0.3 is 0 Å². The smallest absolute Gasteiger partial charge is 0.144 e. The summed E-state index contributed by atoms with van der Waals surface area (Å²) in [4.78, 5) is 4.24. The van der Waals surface area contributed by atoms with E-state index < -0.39 is 0 Å². The molecule has 0 bridgehead atoms. The van der Waals surface area contributed by atoms with Gasteiger partial charge in [-0.2, -0.15) is 0 Å². The minimum Gasteiger partial charge on any atom is -0.369 e. The van der Waals surface area contributed by atoms with Crippen LogP contribution in [0, 0.1) is 0 Å². The maximum absolute atomic E-state index is 6.07. The third-order valence-electron chi connectivity index (χ3n) is 2.70. The standard InChI is InChI=1S/C12H15BrClN3/c13-10-7-11(14)12(17-8-10)16-6-3-9-1-4-15-5-2-9/h1,7-8,15H,2-6H2,(H,16,17). The minimum atomic E-state index is 0.652. The average Bonchev–Trinajstić information content (AvgIpc) is 2.33. The number of anilines is 1. The highest BCUT2D eigenvalue weighted by molar-refractivity contribution is 9.10. The van der Waals surface area contributed by atoms with Crippen LogP contribution in [0.15, 0.2) is 28.4 Å². The van der Waals surface area contributed by atoms with Gasteiger partial charge in [0.15, 0.2) is 0 Å². The molecule has 2 heterocycles. The molecule has 0 radical (unpaired) electrons. The third kappa shape index (κ3) is 3.98. The van der Waals surface area contributed by atoms with E-state index in [1.54, 1.807) is 6.20 Å². The molecule has 1 aromatic heterocycles. The zero-order valence-electron chi connectivity index (χ0n) is 9.47. The number of nitrogens with zero attached hydrogens (tertiary/aromatic N) is 1. The first-order chi connectivity index (χ1) is 8.25. The highest BCUT2D eigenvalue weighted by Gasteiger charge is 2.04. The molecule has 2 rings (SSSR count). The Morgan fingerprint density at radius 1 is 1.53 bits per heavy atom. The van der Waals surface area contributed by atoms with Gasteiger partial charge in [-0.1, -0.05) is 23.3 Å². The van der Waals surface area contributed by atoms with Gasteiger partial charge in [-0.3, -0.25) is 0 Å². The fourth-order valence-corrected chi connectivity index (χ4v) is 2.48. The molecule has 92 valence electrons. The second-order valence-electron chi connectivity index (χ2n) is 3.98. The van der Waals surface area contributed by atoms with E-state index in [1.807, 2.05) is 6.07 Å². The normalized spacial score (nSPS) is 15.5. The van der Waals surface area contributed by atoms with Crippen LogP contribution in [0.1, 0.15) is 12.8 Å². The van der Waals surface area contributed by atoms with Crippen LogP contribution in [0.2, 0.25) is 5.02 Å². The van der Waals surface area contributed by atoms with Gasteiger partial charge in [0, 0.05) is 23.8 Å². The Labute approximate surface area is 115 Å². The lowest BCUT2D eigenvalue weighted by atomic mass is 10.1. The third-order valence-corrected chi connectivity index (χ3v) is 3.43. The number of hydrogen-bond donors (Lipinski definition) is 2. The van der Waals surface area contributed by atoms with Gasteiger partial charge in [-0.15, -0.1) is 0 Å². The van der Waals surface area contributed by atoms with Crippen molar-refractivity contribution in [3.05, 3.63) is 33.4 Å². The Hall–Kier alpha value is -0.580. The first kappa shape index (κ1) is 12.9. The molecule has 2 N–H and O–H groups in total. The van der Waals surface area contributed by atoms with Crippen molar-refractivity contribution in [3.63, 3.8) is 0 Å². The second-order valence-corrected chi connectivity index (χ2v) is 5.30. The molecule has 17 heavy (non-hydrogen) atoms. The van der Waals surface area contributed by atoms with E-state index in [1.165, 1.54) is 5.57 Å². The topological polar surface area (TPSA) is 37.0 Å². The van der Waals surface area contributed by atoms with E-state index in [0.29, 0.717) is 5.02 Å². The number of nitrogens with one attached hydrogen (secondary N) is 2. The molecule has 0 aromatic carbocycles. The van der Waals surface area contributed by atoms with E-state index in [-0.39, 0.29) is 0 Å². The van der Waals surface area contributed by atoms with Crippen LogP contribution in [0.3, 0.4) is 0 Å². The quantitative estimate of drug-likeness (QED) is 0.838. The summed E-state index contributed by atoms with van der Waals surface area (Å²) in [6, 6.07) is 1.85. The van der Waals surface area contributed by atoms with E-state index in [9.17, 15) is 0 Å². The molecule has 0 fully saturated rings. The lowest BCUT2D eigenvalue weighted by Gasteiger charge is -2.14. The molecule has 1 aliphatic heterocycles. The summed E-state index contributed by atoms with van der Waals surface area (Å²) >= 11 is 9.41. The molecule has 5 heteroatoms. The second kappa shape index (κ2) is 6.38. The van der Waals surface area contributed by atoms with Crippen LogP contribution < -0.4 is 10.6 Å².